The lowest BCUT2D eigenvalue weighted by Gasteiger charge is -2.14. The molecule has 1 aliphatic rings. The van der Waals surface area contributed by atoms with E-state index in [1.54, 1.807) is 6.92 Å². The number of carbonyl (C=O) groups excluding carboxylic acids is 2. The van der Waals surface area contributed by atoms with Gasteiger partial charge in [-0.1, -0.05) is 0 Å². The predicted octanol–water partition coefficient (Wildman–Crippen LogP) is 2.14. The molecule has 1 rings (SSSR count). The monoisotopic (exact) mass is 228 g/mol. The number of carbonyl (C=O) groups is 2. The molecule has 0 aromatic heterocycles. The Morgan fingerprint density at radius 3 is 1.83 bits per heavy atom. The minimum atomic E-state index is -0.435. The Labute approximate surface area is 79.5 Å². The average molecular weight is 229 g/mol. The van der Waals surface area contributed by atoms with Crippen molar-refractivity contribution in [2.45, 2.75) is 20.8 Å². The molecule has 0 heterocycles. The summed E-state index contributed by atoms with van der Waals surface area (Å²) in [5, 5.41) is 0. The number of halogens is 1. The van der Waals surface area contributed by atoms with Crippen LogP contribution in [0.25, 0.3) is 0 Å². The molecular weight excluding hydrogens is 220 g/mol. The second-order valence-corrected chi connectivity index (χ2v) is 3.64. The van der Waals surface area contributed by atoms with Gasteiger partial charge in [0.1, 0.15) is 0 Å². The molecule has 3 heteroatoms. The molecule has 64 valence electrons. The van der Waals surface area contributed by atoms with Crippen molar-refractivity contribution in [3.05, 3.63) is 21.2 Å². The third-order valence-electron chi connectivity index (χ3n) is 2.20. The van der Waals surface area contributed by atoms with Gasteiger partial charge in [-0.05, 0) is 47.8 Å². The third kappa shape index (κ3) is 1.18. The normalized spacial score (nSPS) is 19.3. The van der Waals surface area contributed by atoms with Gasteiger partial charge in [0.25, 0.3) is 0 Å². The lowest BCUT2D eigenvalue weighted by atomic mass is 9.92. The van der Waals surface area contributed by atoms with Gasteiger partial charge >= 0.3 is 0 Å². The van der Waals surface area contributed by atoms with Crippen molar-refractivity contribution >= 4 is 27.5 Å². The van der Waals surface area contributed by atoms with Gasteiger partial charge in [-0.2, -0.15) is 0 Å². The molecule has 0 saturated carbocycles. The highest BCUT2D eigenvalue weighted by molar-refractivity contribution is 9.12. The lowest BCUT2D eigenvalue weighted by Crippen LogP contribution is -2.21. The van der Waals surface area contributed by atoms with Crippen molar-refractivity contribution in [1.29, 1.82) is 0 Å². The van der Waals surface area contributed by atoms with Crippen LogP contribution in [0.3, 0.4) is 0 Å². The fraction of sp³-hybridized carbons (Fsp3) is 0.333. The molecule has 0 spiro atoms. The number of hydrogen-bond donors (Lipinski definition) is 0. The highest BCUT2D eigenvalue weighted by atomic mass is 79.9. The summed E-state index contributed by atoms with van der Waals surface area (Å²) in [5.74, 6) is -0.833. The fourth-order valence-corrected chi connectivity index (χ4v) is 1.53. The molecule has 0 atom stereocenters. The van der Waals surface area contributed by atoms with Crippen LogP contribution in [0.4, 0.5) is 0 Å². The van der Waals surface area contributed by atoms with Gasteiger partial charge in [0, 0.05) is 5.57 Å². The topological polar surface area (TPSA) is 34.1 Å². The minimum Gasteiger partial charge on any atom is -0.285 e. The van der Waals surface area contributed by atoms with Crippen LogP contribution in [0.2, 0.25) is 0 Å². The maximum Gasteiger partial charge on any atom is 0.240 e. The van der Waals surface area contributed by atoms with E-state index in [-0.39, 0.29) is 0 Å². The van der Waals surface area contributed by atoms with Crippen LogP contribution in [0.5, 0.6) is 0 Å². The smallest absolute Gasteiger partial charge is 0.240 e. The van der Waals surface area contributed by atoms with Crippen molar-refractivity contribution in [1.82, 2.24) is 0 Å². The molecule has 0 aromatic rings. The highest BCUT2D eigenvalue weighted by Crippen LogP contribution is 2.28. The van der Waals surface area contributed by atoms with E-state index in [0.29, 0.717) is 10.1 Å². The summed E-state index contributed by atoms with van der Waals surface area (Å²) in [4.78, 5) is 22.4. The number of Topliss-reactive ketones (excluding diaryl/α,β-unsaturated/α-hetero) is 2. The Bertz CT molecular complexity index is 285. The van der Waals surface area contributed by atoms with Gasteiger partial charge in [0.15, 0.2) is 0 Å². The van der Waals surface area contributed by atoms with Crippen LogP contribution in [-0.4, -0.2) is 11.6 Å². The summed E-state index contributed by atoms with van der Waals surface area (Å²) in [6, 6.07) is 0. The minimum absolute atomic E-state index is 0.398. The van der Waals surface area contributed by atoms with Crippen molar-refractivity contribution in [3.63, 3.8) is 0 Å². The summed E-state index contributed by atoms with van der Waals surface area (Å²) >= 11 is 3.10. The number of ketones is 2. The Morgan fingerprint density at radius 2 is 1.33 bits per heavy atom. The lowest BCUT2D eigenvalue weighted by molar-refractivity contribution is -0.131. The van der Waals surface area contributed by atoms with E-state index in [1.807, 2.05) is 13.8 Å². The zero-order chi connectivity index (χ0) is 9.46. The first kappa shape index (κ1) is 9.39. The first-order valence-electron chi connectivity index (χ1n) is 3.60. The second-order valence-electron chi connectivity index (χ2n) is 2.85. The van der Waals surface area contributed by atoms with Crippen molar-refractivity contribution < 1.29 is 9.59 Å². The third-order valence-corrected chi connectivity index (χ3v) is 3.16. The molecule has 0 saturated heterocycles. The first-order chi connectivity index (χ1) is 5.46. The largest absolute Gasteiger partial charge is 0.285 e. The van der Waals surface area contributed by atoms with Crippen LogP contribution in [0.1, 0.15) is 20.8 Å². The van der Waals surface area contributed by atoms with Crippen LogP contribution >= 0.6 is 15.9 Å². The molecule has 0 unspecified atom stereocenters. The highest BCUT2D eigenvalue weighted by Gasteiger charge is 2.27. The van der Waals surface area contributed by atoms with Crippen LogP contribution < -0.4 is 0 Å². The van der Waals surface area contributed by atoms with Crippen molar-refractivity contribution in [2.24, 2.45) is 0 Å². The van der Waals surface area contributed by atoms with Crippen LogP contribution in [-0.2, 0) is 9.59 Å². The Hall–Kier alpha value is -0.700. The molecule has 0 radical (unpaired) electrons. The maximum atomic E-state index is 11.2. The van der Waals surface area contributed by atoms with E-state index in [0.717, 1.165) is 11.1 Å². The fourth-order valence-electron chi connectivity index (χ4n) is 1.06. The second kappa shape index (κ2) is 2.98. The molecule has 0 fully saturated rings. The number of rotatable bonds is 0. The summed E-state index contributed by atoms with van der Waals surface area (Å²) < 4.78 is 0.399. The van der Waals surface area contributed by atoms with Crippen molar-refractivity contribution in [2.75, 3.05) is 0 Å². The van der Waals surface area contributed by atoms with E-state index >= 15 is 0 Å². The Kier molecular flexibility index (Phi) is 2.33. The maximum absolute atomic E-state index is 11.2. The standard InChI is InChI=1S/C9H9BrO2/c1-4-5(2)7(10)9(12)8(11)6(4)3/h1-3H3. The molecule has 0 amide bonds. The summed E-state index contributed by atoms with van der Waals surface area (Å²) in [7, 11) is 0. The van der Waals surface area contributed by atoms with E-state index in [1.165, 1.54) is 0 Å². The molecule has 0 aromatic carbocycles. The average Bonchev–Trinajstić information content (AvgIpc) is 2.08. The molecular formula is C9H9BrO2. The quantitative estimate of drug-likeness (QED) is 0.471. The van der Waals surface area contributed by atoms with E-state index in [9.17, 15) is 9.59 Å². The zero-order valence-corrected chi connectivity index (χ0v) is 8.78. The van der Waals surface area contributed by atoms with E-state index in [4.69, 9.17) is 0 Å². The van der Waals surface area contributed by atoms with Gasteiger partial charge < -0.3 is 0 Å². The summed E-state index contributed by atoms with van der Waals surface area (Å²) in [5.41, 5.74) is 2.31. The van der Waals surface area contributed by atoms with Gasteiger partial charge in [0.2, 0.25) is 11.6 Å². The number of hydrogen-bond acceptors (Lipinski definition) is 2. The van der Waals surface area contributed by atoms with Crippen LogP contribution in [0.15, 0.2) is 21.2 Å². The van der Waals surface area contributed by atoms with Gasteiger partial charge in [-0.15, -0.1) is 0 Å². The van der Waals surface area contributed by atoms with Gasteiger partial charge in [-0.25, -0.2) is 0 Å². The van der Waals surface area contributed by atoms with E-state index in [2.05, 4.69) is 15.9 Å². The molecule has 0 N–H and O–H groups in total. The predicted molar refractivity (Wildman–Crippen MR) is 50.0 cm³/mol. The molecule has 2 nitrogen and oxygen atoms in total. The summed E-state index contributed by atoms with van der Waals surface area (Å²) in [6.45, 7) is 5.35. The molecule has 0 bridgehead atoms. The van der Waals surface area contributed by atoms with Gasteiger partial charge in [-0.3, -0.25) is 9.59 Å². The van der Waals surface area contributed by atoms with Crippen molar-refractivity contribution in [3.8, 4) is 0 Å². The van der Waals surface area contributed by atoms with Crippen LogP contribution in [0, 0.1) is 0 Å². The zero-order valence-electron chi connectivity index (χ0n) is 7.19. The molecule has 12 heavy (non-hydrogen) atoms. The van der Waals surface area contributed by atoms with Gasteiger partial charge in [0.05, 0.1) is 4.48 Å². The summed E-state index contributed by atoms with van der Waals surface area (Å²) in [6.07, 6.45) is 0. The molecule has 0 aliphatic heterocycles. The SMILES string of the molecule is CC1=C(C)C(C)=C(Br)C(=O)C1=O. The Morgan fingerprint density at radius 1 is 0.833 bits per heavy atom. The first-order valence-corrected chi connectivity index (χ1v) is 4.39. The number of allylic oxidation sites excluding steroid dienone is 4. The Balaban J connectivity index is 3.37. The van der Waals surface area contributed by atoms with E-state index < -0.39 is 11.6 Å². The molecule has 1 aliphatic carbocycles.